The molecule has 0 aromatic heterocycles. The number of rotatable bonds is 10. The molecule has 0 heterocycles. The van der Waals surface area contributed by atoms with Crippen molar-refractivity contribution in [3.63, 3.8) is 0 Å². The van der Waals surface area contributed by atoms with E-state index in [9.17, 15) is 5.11 Å². The van der Waals surface area contributed by atoms with E-state index in [0.29, 0.717) is 5.76 Å². The lowest BCUT2D eigenvalue weighted by Crippen LogP contribution is -1.86. The molecule has 1 N–H and O–H groups in total. The first kappa shape index (κ1) is 16.2. The van der Waals surface area contributed by atoms with E-state index in [2.05, 4.69) is 6.92 Å². The van der Waals surface area contributed by atoms with Gasteiger partial charge in [-0.15, -0.1) is 23.5 Å². The summed E-state index contributed by atoms with van der Waals surface area (Å²) < 4.78 is 1.07. The van der Waals surface area contributed by atoms with E-state index < -0.39 is 0 Å². The average Bonchev–Trinajstić information content (AvgIpc) is 2.29. The first-order valence-corrected chi connectivity index (χ1v) is 8.71. The summed E-state index contributed by atoms with van der Waals surface area (Å²) >= 11 is 3.29. The number of hydrogen-bond acceptors (Lipinski definition) is 3. The lowest BCUT2D eigenvalue weighted by Gasteiger charge is -2.05. The van der Waals surface area contributed by atoms with Crippen molar-refractivity contribution in [1.82, 2.24) is 0 Å². The lowest BCUT2D eigenvalue weighted by molar-refractivity contribution is 0.380. The summed E-state index contributed by atoms with van der Waals surface area (Å²) in [5, 5.41) is 9.79. The summed E-state index contributed by atoms with van der Waals surface area (Å²) in [6.45, 7) is 2.25. The maximum Gasteiger partial charge on any atom is 0.112 e. The van der Waals surface area contributed by atoms with E-state index in [4.69, 9.17) is 0 Å². The summed E-state index contributed by atoms with van der Waals surface area (Å²) in [6, 6.07) is 0. The van der Waals surface area contributed by atoms with E-state index in [1.807, 2.05) is 12.5 Å². The highest BCUT2D eigenvalue weighted by molar-refractivity contribution is 8.21. The fourth-order valence-electron chi connectivity index (χ4n) is 1.67. The lowest BCUT2D eigenvalue weighted by atomic mass is 10.1. The third-order valence-corrected chi connectivity index (χ3v) is 4.84. The molecule has 0 aliphatic carbocycles. The molecular formula is C13H26OS2. The topological polar surface area (TPSA) is 20.2 Å². The maximum atomic E-state index is 9.79. The highest BCUT2D eigenvalue weighted by Gasteiger charge is 2.02. The van der Waals surface area contributed by atoms with Gasteiger partial charge in [-0.05, 0) is 18.9 Å². The maximum absolute atomic E-state index is 9.79. The summed E-state index contributed by atoms with van der Waals surface area (Å²) in [4.78, 5) is 0. The molecule has 0 fully saturated rings. The molecule has 0 amide bonds. The zero-order valence-corrected chi connectivity index (χ0v) is 12.6. The van der Waals surface area contributed by atoms with Crippen molar-refractivity contribution in [3.05, 3.63) is 10.00 Å². The number of aliphatic hydroxyl groups excluding tert-OH is 1. The van der Waals surface area contributed by atoms with Crippen LogP contribution >= 0.6 is 23.5 Å². The molecule has 0 rings (SSSR count). The molecule has 0 aliphatic rings. The SMILES string of the molecule is CCCCCCCCCC(O)=C(SC)SC. The highest BCUT2D eigenvalue weighted by Crippen LogP contribution is 2.28. The van der Waals surface area contributed by atoms with Gasteiger partial charge in [0, 0.05) is 6.42 Å². The van der Waals surface area contributed by atoms with Crippen LogP contribution < -0.4 is 0 Å². The van der Waals surface area contributed by atoms with Crippen LogP contribution in [0.15, 0.2) is 10.00 Å². The van der Waals surface area contributed by atoms with Gasteiger partial charge in [0.1, 0.15) is 5.76 Å². The Morgan fingerprint density at radius 2 is 1.38 bits per heavy atom. The van der Waals surface area contributed by atoms with Gasteiger partial charge in [-0.3, -0.25) is 0 Å². The average molecular weight is 262 g/mol. The fourth-order valence-corrected chi connectivity index (χ4v) is 3.01. The highest BCUT2D eigenvalue weighted by atomic mass is 32.2. The van der Waals surface area contributed by atoms with Gasteiger partial charge in [-0.2, -0.15) is 0 Å². The second-order valence-corrected chi connectivity index (χ2v) is 5.91. The van der Waals surface area contributed by atoms with Gasteiger partial charge < -0.3 is 5.11 Å². The van der Waals surface area contributed by atoms with Crippen LogP contribution in [0.4, 0.5) is 0 Å². The van der Waals surface area contributed by atoms with E-state index in [-0.39, 0.29) is 0 Å². The minimum absolute atomic E-state index is 0.591. The van der Waals surface area contributed by atoms with E-state index in [0.717, 1.165) is 17.1 Å². The minimum Gasteiger partial charge on any atom is -0.511 e. The standard InChI is InChI=1S/C13H26OS2/c1-4-5-6-7-8-9-10-11-12(14)13(15-2)16-3/h14H,4-11H2,1-3H3. The Morgan fingerprint density at radius 3 is 1.88 bits per heavy atom. The van der Waals surface area contributed by atoms with Crippen molar-refractivity contribution in [1.29, 1.82) is 0 Å². The second-order valence-electron chi connectivity index (χ2n) is 4.01. The third-order valence-electron chi connectivity index (χ3n) is 2.62. The molecule has 0 atom stereocenters. The summed E-state index contributed by atoms with van der Waals surface area (Å²) in [5.41, 5.74) is 0. The van der Waals surface area contributed by atoms with Crippen molar-refractivity contribution in [3.8, 4) is 0 Å². The van der Waals surface area contributed by atoms with Crippen LogP contribution in [0.1, 0.15) is 58.3 Å². The number of hydrogen-bond donors (Lipinski definition) is 1. The zero-order valence-electron chi connectivity index (χ0n) is 10.9. The van der Waals surface area contributed by atoms with E-state index in [1.54, 1.807) is 23.5 Å². The molecule has 0 bridgehead atoms. The predicted molar refractivity (Wildman–Crippen MR) is 79.3 cm³/mol. The minimum atomic E-state index is 0.591. The summed E-state index contributed by atoms with van der Waals surface area (Å²) in [7, 11) is 0. The van der Waals surface area contributed by atoms with E-state index >= 15 is 0 Å². The Hall–Kier alpha value is 0.240. The van der Waals surface area contributed by atoms with E-state index in [1.165, 1.54) is 38.5 Å². The normalized spacial score (nSPS) is 10.4. The van der Waals surface area contributed by atoms with Crippen molar-refractivity contribution in [2.45, 2.75) is 58.3 Å². The number of thioether (sulfide) groups is 2. The monoisotopic (exact) mass is 262 g/mol. The molecule has 0 spiro atoms. The molecule has 16 heavy (non-hydrogen) atoms. The first-order chi connectivity index (χ1) is 7.76. The van der Waals surface area contributed by atoms with Crippen LogP contribution in [0.3, 0.4) is 0 Å². The number of allylic oxidation sites excluding steroid dienone is 1. The van der Waals surface area contributed by atoms with Crippen LogP contribution in [0, 0.1) is 0 Å². The van der Waals surface area contributed by atoms with Gasteiger partial charge in [0.25, 0.3) is 0 Å². The van der Waals surface area contributed by atoms with Gasteiger partial charge in [-0.1, -0.05) is 45.4 Å². The molecule has 0 unspecified atom stereocenters. The number of aliphatic hydroxyl groups is 1. The molecule has 0 saturated carbocycles. The van der Waals surface area contributed by atoms with Crippen molar-refractivity contribution in [2.75, 3.05) is 12.5 Å². The molecule has 0 saturated heterocycles. The van der Waals surface area contributed by atoms with Crippen LogP contribution in [0.5, 0.6) is 0 Å². The number of unbranched alkanes of at least 4 members (excludes halogenated alkanes) is 6. The van der Waals surface area contributed by atoms with Crippen molar-refractivity contribution >= 4 is 23.5 Å². The largest absolute Gasteiger partial charge is 0.511 e. The van der Waals surface area contributed by atoms with Gasteiger partial charge in [-0.25, -0.2) is 0 Å². The van der Waals surface area contributed by atoms with Crippen LogP contribution in [-0.4, -0.2) is 17.6 Å². The Labute approximate surface area is 109 Å². The molecule has 3 heteroatoms. The quantitative estimate of drug-likeness (QED) is 0.410. The Bertz CT molecular complexity index is 184. The zero-order chi connectivity index (χ0) is 12.2. The fraction of sp³-hybridized carbons (Fsp3) is 0.846. The smallest absolute Gasteiger partial charge is 0.112 e. The van der Waals surface area contributed by atoms with Gasteiger partial charge >= 0.3 is 0 Å². The Kier molecular flexibility index (Phi) is 11.9. The molecular weight excluding hydrogens is 236 g/mol. The molecule has 1 nitrogen and oxygen atoms in total. The first-order valence-electron chi connectivity index (χ1n) is 6.26. The Balaban J connectivity index is 3.47. The van der Waals surface area contributed by atoms with Gasteiger partial charge in [0.15, 0.2) is 0 Å². The molecule has 0 aliphatic heterocycles. The van der Waals surface area contributed by atoms with Crippen LogP contribution in [-0.2, 0) is 0 Å². The van der Waals surface area contributed by atoms with Crippen LogP contribution in [0.25, 0.3) is 0 Å². The summed E-state index contributed by atoms with van der Waals surface area (Å²) in [5.74, 6) is 0.591. The van der Waals surface area contributed by atoms with Gasteiger partial charge in [0.2, 0.25) is 0 Å². The second kappa shape index (κ2) is 11.7. The molecule has 96 valence electrons. The van der Waals surface area contributed by atoms with Crippen molar-refractivity contribution < 1.29 is 5.11 Å². The molecule has 0 aromatic carbocycles. The van der Waals surface area contributed by atoms with Gasteiger partial charge in [0.05, 0.1) is 4.24 Å². The molecule has 0 radical (unpaired) electrons. The van der Waals surface area contributed by atoms with Crippen LogP contribution in [0.2, 0.25) is 0 Å². The molecule has 0 aromatic rings. The predicted octanol–water partition coefficient (Wildman–Crippen LogP) is 5.58. The third kappa shape index (κ3) is 8.40. The Morgan fingerprint density at radius 1 is 0.875 bits per heavy atom. The van der Waals surface area contributed by atoms with Crippen molar-refractivity contribution in [2.24, 2.45) is 0 Å². The summed E-state index contributed by atoms with van der Waals surface area (Å²) in [6.07, 6.45) is 14.0.